The van der Waals surface area contributed by atoms with E-state index in [-0.39, 0.29) is 18.4 Å². The number of nitrogens with one attached hydrogen (secondary N) is 2. The molecular formula is C6H11ClF3N3O. The summed E-state index contributed by atoms with van der Waals surface area (Å²) in [6.45, 7) is 0.993. The summed E-state index contributed by atoms with van der Waals surface area (Å²) >= 11 is 0. The molecule has 0 aromatic carbocycles. The van der Waals surface area contributed by atoms with Crippen LogP contribution in [0.2, 0.25) is 0 Å². The third-order valence-electron chi connectivity index (χ3n) is 1.76. The average molecular weight is 234 g/mol. The quantitative estimate of drug-likeness (QED) is 0.596. The molecule has 4 nitrogen and oxygen atoms in total. The number of alkyl halides is 3. The summed E-state index contributed by atoms with van der Waals surface area (Å²) in [6.07, 6.45) is -4.67. The van der Waals surface area contributed by atoms with Crippen molar-refractivity contribution in [1.29, 1.82) is 0 Å². The Kier molecular flexibility index (Phi) is 4.63. The molecule has 1 aliphatic rings. The van der Waals surface area contributed by atoms with Crippen LogP contribution < -0.4 is 16.4 Å². The van der Waals surface area contributed by atoms with Crippen molar-refractivity contribution in [3.8, 4) is 0 Å². The number of nitrogens with two attached hydrogens (primary N) is 1. The van der Waals surface area contributed by atoms with E-state index in [1.165, 1.54) is 0 Å². The first-order chi connectivity index (χ1) is 5.91. The number of hydrogen-bond donors (Lipinski definition) is 3. The topological polar surface area (TPSA) is 67.2 Å². The molecule has 1 saturated heterocycles. The van der Waals surface area contributed by atoms with Gasteiger partial charge in [0, 0.05) is 13.1 Å². The summed E-state index contributed by atoms with van der Waals surface area (Å²) in [5.41, 5.74) is 4.66. The fourth-order valence-corrected chi connectivity index (χ4v) is 0.830. The molecule has 0 aromatic heterocycles. The maximum Gasteiger partial charge on any atom is 0.412 e. The summed E-state index contributed by atoms with van der Waals surface area (Å²) in [4.78, 5) is 10.8. The number of carbonyl (C=O) groups is 1. The van der Waals surface area contributed by atoms with Gasteiger partial charge in [-0.25, -0.2) is 0 Å². The van der Waals surface area contributed by atoms with Crippen LogP contribution in [-0.2, 0) is 4.79 Å². The van der Waals surface area contributed by atoms with Gasteiger partial charge >= 0.3 is 6.18 Å². The van der Waals surface area contributed by atoms with Gasteiger partial charge < -0.3 is 16.4 Å². The molecule has 14 heavy (non-hydrogen) atoms. The molecule has 1 rings (SSSR count). The van der Waals surface area contributed by atoms with Gasteiger partial charge in [-0.3, -0.25) is 4.79 Å². The highest BCUT2D eigenvalue weighted by atomic mass is 35.5. The van der Waals surface area contributed by atoms with Crippen LogP contribution in [0.3, 0.4) is 0 Å². The SMILES string of the molecule is Cl.NC(C(=O)NC1CNC1)C(F)(F)F. The predicted molar refractivity (Wildman–Crippen MR) is 46.1 cm³/mol. The molecule has 1 atom stereocenters. The fraction of sp³-hybridized carbons (Fsp3) is 0.833. The highest BCUT2D eigenvalue weighted by Gasteiger charge is 2.42. The number of amides is 1. The van der Waals surface area contributed by atoms with E-state index in [1.54, 1.807) is 0 Å². The van der Waals surface area contributed by atoms with Crippen LogP contribution in [0.5, 0.6) is 0 Å². The lowest BCUT2D eigenvalue weighted by molar-refractivity contribution is -0.163. The molecule has 8 heteroatoms. The van der Waals surface area contributed by atoms with Gasteiger partial charge in [-0.15, -0.1) is 12.4 Å². The minimum atomic E-state index is -4.67. The molecule has 0 spiro atoms. The van der Waals surface area contributed by atoms with E-state index in [0.717, 1.165) is 0 Å². The minimum Gasteiger partial charge on any atom is -0.349 e. The van der Waals surface area contributed by atoms with E-state index in [2.05, 4.69) is 16.4 Å². The van der Waals surface area contributed by atoms with Gasteiger partial charge in [0.25, 0.3) is 0 Å². The molecule has 0 radical (unpaired) electrons. The predicted octanol–water partition coefficient (Wildman–Crippen LogP) is -0.614. The van der Waals surface area contributed by atoms with Gasteiger partial charge in [0.1, 0.15) is 0 Å². The standard InChI is InChI=1S/C6H10F3N3O.ClH/c7-6(8,9)4(10)5(13)12-3-1-11-2-3;/h3-4,11H,1-2,10H2,(H,12,13);1H. The van der Waals surface area contributed by atoms with Crippen molar-refractivity contribution in [2.75, 3.05) is 13.1 Å². The second-order valence-corrected chi connectivity index (χ2v) is 2.88. The first-order valence-electron chi connectivity index (χ1n) is 3.74. The lowest BCUT2D eigenvalue weighted by Crippen LogP contribution is -2.61. The van der Waals surface area contributed by atoms with Gasteiger partial charge in [0.05, 0.1) is 6.04 Å². The van der Waals surface area contributed by atoms with Gasteiger partial charge in [0.15, 0.2) is 6.04 Å². The third kappa shape index (κ3) is 3.32. The Morgan fingerprint density at radius 1 is 1.50 bits per heavy atom. The summed E-state index contributed by atoms with van der Waals surface area (Å²) in [7, 11) is 0. The Hall–Kier alpha value is -0.530. The molecule has 0 bridgehead atoms. The molecule has 1 heterocycles. The summed E-state index contributed by atoms with van der Waals surface area (Å²) in [5, 5.41) is 4.98. The molecule has 84 valence electrons. The second-order valence-electron chi connectivity index (χ2n) is 2.88. The first-order valence-corrected chi connectivity index (χ1v) is 3.74. The van der Waals surface area contributed by atoms with Gasteiger partial charge in [-0.1, -0.05) is 0 Å². The lowest BCUT2D eigenvalue weighted by Gasteiger charge is -2.29. The zero-order valence-corrected chi connectivity index (χ0v) is 7.91. The van der Waals surface area contributed by atoms with Gasteiger partial charge in [-0.2, -0.15) is 13.2 Å². The Morgan fingerprint density at radius 3 is 2.29 bits per heavy atom. The maximum absolute atomic E-state index is 11.9. The van der Waals surface area contributed by atoms with Crippen molar-refractivity contribution in [1.82, 2.24) is 10.6 Å². The summed E-state index contributed by atoms with van der Waals surface area (Å²) in [5.74, 6) is -1.17. The van der Waals surface area contributed by atoms with Crippen LogP contribution in [-0.4, -0.2) is 37.3 Å². The fourth-order valence-electron chi connectivity index (χ4n) is 0.830. The summed E-state index contributed by atoms with van der Waals surface area (Å²) in [6, 6.07) is -2.64. The second kappa shape index (κ2) is 4.81. The van der Waals surface area contributed by atoms with E-state index in [4.69, 9.17) is 0 Å². The van der Waals surface area contributed by atoms with Crippen molar-refractivity contribution in [3.05, 3.63) is 0 Å². The average Bonchev–Trinajstić information content (AvgIpc) is 1.93. The van der Waals surface area contributed by atoms with Crippen LogP contribution >= 0.6 is 12.4 Å². The molecule has 0 aliphatic carbocycles. The van der Waals surface area contributed by atoms with Gasteiger partial charge in [0.2, 0.25) is 5.91 Å². The normalized spacial score (nSPS) is 19.1. The highest BCUT2D eigenvalue weighted by Crippen LogP contribution is 2.18. The lowest BCUT2D eigenvalue weighted by atomic mass is 10.1. The van der Waals surface area contributed by atoms with Crippen molar-refractivity contribution in [2.24, 2.45) is 5.73 Å². The molecule has 1 amide bonds. The van der Waals surface area contributed by atoms with Crippen molar-refractivity contribution >= 4 is 18.3 Å². The number of hydrogen-bond acceptors (Lipinski definition) is 3. The van der Waals surface area contributed by atoms with E-state index in [9.17, 15) is 18.0 Å². The van der Waals surface area contributed by atoms with Crippen LogP contribution in [0.1, 0.15) is 0 Å². The Balaban J connectivity index is 0.00000169. The Labute approximate surface area is 84.8 Å². The zero-order valence-electron chi connectivity index (χ0n) is 7.10. The Morgan fingerprint density at radius 2 is 2.00 bits per heavy atom. The smallest absolute Gasteiger partial charge is 0.349 e. The van der Waals surface area contributed by atoms with E-state index in [0.29, 0.717) is 13.1 Å². The zero-order chi connectivity index (χ0) is 10.1. The van der Waals surface area contributed by atoms with E-state index < -0.39 is 18.1 Å². The number of halogens is 4. The molecule has 1 fully saturated rings. The minimum absolute atomic E-state index is 0. The largest absolute Gasteiger partial charge is 0.412 e. The molecular weight excluding hydrogens is 223 g/mol. The molecule has 1 unspecified atom stereocenters. The molecule has 0 saturated carbocycles. The molecule has 0 aromatic rings. The van der Waals surface area contributed by atoms with Crippen molar-refractivity contribution < 1.29 is 18.0 Å². The van der Waals surface area contributed by atoms with Crippen molar-refractivity contribution in [3.63, 3.8) is 0 Å². The monoisotopic (exact) mass is 233 g/mol. The van der Waals surface area contributed by atoms with Crippen LogP contribution in [0.4, 0.5) is 13.2 Å². The molecule has 1 aliphatic heterocycles. The summed E-state index contributed by atoms with van der Waals surface area (Å²) < 4.78 is 35.6. The van der Waals surface area contributed by atoms with Crippen LogP contribution in [0, 0.1) is 0 Å². The van der Waals surface area contributed by atoms with E-state index >= 15 is 0 Å². The van der Waals surface area contributed by atoms with Crippen molar-refractivity contribution in [2.45, 2.75) is 18.3 Å². The number of carbonyl (C=O) groups excluding carboxylic acids is 1. The van der Waals surface area contributed by atoms with Crippen LogP contribution in [0.25, 0.3) is 0 Å². The first kappa shape index (κ1) is 13.5. The number of rotatable bonds is 2. The van der Waals surface area contributed by atoms with Crippen LogP contribution in [0.15, 0.2) is 0 Å². The third-order valence-corrected chi connectivity index (χ3v) is 1.76. The molecule has 4 N–H and O–H groups in total. The highest BCUT2D eigenvalue weighted by molar-refractivity contribution is 5.85. The Bertz CT molecular complexity index is 207. The van der Waals surface area contributed by atoms with E-state index in [1.807, 2.05) is 0 Å². The maximum atomic E-state index is 11.9. The van der Waals surface area contributed by atoms with Gasteiger partial charge in [-0.05, 0) is 0 Å².